The SMILES string of the molecule is C[C@@H](Nc1ncnc2c1cc(C1=CC[SH](=N)(O)CC1)c(=O)n2C)c1cccc(C(F)F)c1F. The molecule has 7 nitrogen and oxygen atoms in total. The Kier molecular flexibility index (Phi) is 6.10. The van der Waals surface area contributed by atoms with Gasteiger partial charge in [0.15, 0.2) is 0 Å². The Bertz CT molecular complexity index is 1370. The molecule has 176 valence electrons. The van der Waals surface area contributed by atoms with Crippen molar-refractivity contribution in [3.63, 3.8) is 0 Å². The standard InChI is InChI=1S/C22H24F3N5O2S/c1-12(14-4-3-5-15(18(14)23)19(24)25)29-20-17-10-16(13-6-8-33(26,32)9-7-13)22(31)30(2)21(17)28-11-27-20/h3-6,10-12,19,33H,7-9H2,1-2H3,(H2,26,32)(H,27,28,29)/t12-/m1/s1. The first kappa shape index (κ1) is 23.1. The summed E-state index contributed by atoms with van der Waals surface area (Å²) in [6.07, 6.45) is 0.485. The van der Waals surface area contributed by atoms with E-state index >= 15 is 0 Å². The summed E-state index contributed by atoms with van der Waals surface area (Å²) in [6, 6.07) is 4.82. The third-order valence-corrected chi connectivity index (χ3v) is 7.60. The number of nitrogens with zero attached hydrogens (tertiary/aromatic N) is 3. The van der Waals surface area contributed by atoms with E-state index in [0.717, 1.165) is 11.6 Å². The van der Waals surface area contributed by atoms with E-state index in [9.17, 15) is 22.5 Å². The van der Waals surface area contributed by atoms with Crippen LogP contribution in [0.3, 0.4) is 0 Å². The molecule has 3 N–H and O–H groups in total. The third kappa shape index (κ3) is 4.42. The van der Waals surface area contributed by atoms with Gasteiger partial charge in [-0.25, -0.2) is 23.1 Å². The maximum Gasteiger partial charge on any atom is 0.266 e. The topological polar surface area (TPSA) is 104 Å². The van der Waals surface area contributed by atoms with Crippen molar-refractivity contribution in [2.24, 2.45) is 7.05 Å². The quantitative estimate of drug-likeness (QED) is 0.404. The molecule has 0 amide bonds. The molecule has 1 aromatic carbocycles. The summed E-state index contributed by atoms with van der Waals surface area (Å²) < 4.78 is 60.1. The summed E-state index contributed by atoms with van der Waals surface area (Å²) in [7, 11) is -1.13. The lowest BCUT2D eigenvalue weighted by Crippen LogP contribution is -2.26. The first-order valence-electron chi connectivity index (χ1n) is 10.3. The first-order valence-corrected chi connectivity index (χ1v) is 12.4. The number of aryl methyl sites for hydroxylation is 1. The minimum Gasteiger partial charge on any atom is -0.363 e. The number of hydrogen-bond donors (Lipinski definition) is 4. The number of anilines is 1. The third-order valence-electron chi connectivity index (χ3n) is 5.85. The summed E-state index contributed by atoms with van der Waals surface area (Å²) in [6.45, 7) is 1.63. The Labute approximate surface area is 189 Å². The van der Waals surface area contributed by atoms with Crippen molar-refractivity contribution in [3.05, 3.63) is 69.5 Å². The van der Waals surface area contributed by atoms with Gasteiger partial charge in [-0.05, 0) is 25.0 Å². The van der Waals surface area contributed by atoms with Crippen molar-refractivity contribution in [3.8, 4) is 0 Å². The van der Waals surface area contributed by atoms with Crippen LogP contribution in [0.1, 0.15) is 42.5 Å². The highest BCUT2D eigenvalue weighted by atomic mass is 32.3. The molecule has 1 aliphatic heterocycles. The van der Waals surface area contributed by atoms with E-state index in [4.69, 9.17) is 4.78 Å². The lowest BCUT2D eigenvalue weighted by atomic mass is 10.0. The lowest BCUT2D eigenvalue weighted by Gasteiger charge is -2.25. The van der Waals surface area contributed by atoms with Crippen LogP contribution in [0.2, 0.25) is 0 Å². The fraction of sp³-hybridized carbons (Fsp3) is 0.318. The van der Waals surface area contributed by atoms with Crippen LogP contribution in [-0.2, 0) is 17.2 Å². The van der Waals surface area contributed by atoms with Gasteiger partial charge in [0.05, 0.1) is 17.0 Å². The van der Waals surface area contributed by atoms with Crippen LogP contribution in [0.15, 0.2) is 41.5 Å². The monoisotopic (exact) mass is 479 g/mol. The number of benzene rings is 1. The number of thiol groups is 1. The summed E-state index contributed by atoms with van der Waals surface area (Å²) in [5, 5.41) is 3.57. The smallest absolute Gasteiger partial charge is 0.266 e. The molecular weight excluding hydrogens is 455 g/mol. The van der Waals surface area contributed by atoms with Crippen LogP contribution < -0.4 is 10.9 Å². The second-order valence-corrected chi connectivity index (χ2v) is 10.8. The summed E-state index contributed by atoms with van der Waals surface area (Å²) in [5.74, 6) is -0.117. The zero-order chi connectivity index (χ0) is 23.9. The molecule has 1 atom stereocenters. The number of alkyl halides is 2. The first-order chi connectivity index (χ1) is 15.6. The summed E-state index contributed by atoms with van der Waals surface area (Å²) >= 11 is 0. The maximum atomic E-state index is 14.6. The van der Waals surface area contributed by atoms with Crippen LogP contribution in [0.5, 0.6) is 0 Å². The van der Waals surface area contributed by atoms with Gasteiger partial charge in [-0.1, -0.05) is 24.3 Å². The highest BCUT2D eigenvalue weighted by Gasteiger charge is 2.22. The Hall–Kier alpha value is -3.05. The van der Waals surface area contributed by atoms with E-state index in [2.05, 4.69) is 15.3 Å². The number of aromatic nitrogens is 3. The number of hydrogen-bond acceptors (Lipinski definition) is 5. The average Bonchev–Trinajstić information content (AvgIpc) is 2.76. The van der Waals surface area contributed by atoms with Gasteiger partial charge in [0.1, 0.15) is 23.6 Å². The van der Waals surface area contributed by atoms with Crippen LogP contribution in [-0.4, -0.2) is 30.6 Å². The fourth-order valence-electron chi connectivity index (χ4n) is 3.97. The molecule has 4 rings (SSSR count). The number of fused-ring (bicyclic) bond motifs is 1. The number of allylic oxidation sites excluding steroid dienone is 1. The minimum absolute atomic E-state index is 0.0679. The average molecular weight is 480 g/mol. The van der Waals surface area contributed by atoms with Gasteiger partial charge in [0.2, 0.25) is 0 Å². The number of halogens is 3. The van der Waals surface area contributed by atoms with Gasteiger partial charge in [0.25, 0.3) is 12.0 Å². The molecule has 0 fully saturated rings. The van der Waals surface area contributed by atoms with Crippen molar-refractivity contribution in [2.45, 2.75) is 25.8 Å². The molecule has 11 heteroatoms. The zero-order valence-electron chi connectivity index (χ0n) is 18.0. The Morgan fingerprint density at radius 1 is 1.27 bits per heavy atom. The fourth-order valence-corrected chi connectivity index (χ4v) is 5.29. The minimum atomic E-state index is -2.93. The summed E-state index contributed by atoms with van der Waals surface area (Å²) in [5.41, 5.74) is 0.652. The molecule has 0 aliphatic carbocycles. The van der Waals surface area contributed by atoms with E-state index in [0.29, 0.717) is 34.6 Å². The molecule has 0 spiro atoms. The largest absolute Gasteiger partial charge is 0.363 e. The van der Waals surface area contributed by atoms with Crippen molar-refractivity contribution in [2.75, 3.05) is 16.8 Å². The second kappa shape index (κ2) is 8.71. The van der Waals surface area contributed by atoms with E-state index in [1.807, 2.05) is 0 Å². The molecule has 33 heavy (non-hydrogen) atoms. The van der Waals surface area contributed by atoms with E-state index in [1.165, 1.54) is 23.0 Å². The van der Waals surface area contributed by atoms with Crippen LogP contribution >= 0.6 is 0 Å². The van der Waals surface area contributed by atoms with E-state index in [-0.39, 0.29) is 16.9 Å². The molecule has 1 aliphatic rings. The lowest BCUT2D eigenvalue weighted by molar-refractivity contribution is 0.146. The van der Waals surface area contributed by atoms with Gasteiger partial charge in [-0.3, -0.25) is 14.1 Å². The molecule has 0 bridgehead atoms. The highest BCUT2D eigenvalue weighted by Crippen LogP contribution is 2.31. The Morgan fingerprint density at radius 2 is 2.00 bits per heavy atom. The highest BCUT2D eigenvalue weighted by molar-refractivity contribution is 7.98. The van der Waals surface area contributed by atoms with Crippen LogP contribution in [0.25, 0.3) is 16.6 Å². The van der Waals surface area contributed by atoms with Gasteiger partial charge >= 0.3 is 0 Å². The Balaban J connectivity index is 1.78. The van der Waals surface area contributed by atoms with Gasteiger partial charge in [-0.15, -0.1) is 10.1 Å². The van der Waals surface area contributed by atoms with Crippen molar-refractivity contribution >= 4 is 32.5 Å². The normalized spacial score (nSPS) is 17.6. The molecule has 3 heterocycles. The van der Waals surface area contributed by atoms with Gasteiger partial charge < -0.3 is 9.87 Å². The van der Waals surface area contributed by atoms with E-state index in [1.54, 1.807) is 26.1 Å². The molecular formula is C22H24F3N5O2S. The number of pyridine rings is 1. The van der Waals surface area contributed by atoms with Crippen LogP contribution in [0, 0.1) is 10.6 Å². The summed E-state index contributed by atoms with van der Waals surface area (Å²) in [4.78, 5) is 21.4. The molecule has 0 saturated heterocycles. The Morgan fingerprint density at radius 3 is 2.67 bits per heavy atom. The van der Waals surface area contributed by atoms with Crippen molar-refractivity contribution in [1.29, 1.82) is 4.78 Å². The van der Waals surface area contributed by atoms with E-state index < -0.39 is 34.0 Å². The maximum absolute atomic E-state index is 14.6. The predicted octanol–water partition coefficient (Wildman–Crippen LogP) is 4.49. The van der Waals surface area contributed by atoms with Gasteiger partial charge in [-0.2, -0.15) is 0 Å². The van der Waals surface area contributed by atoms with Gasteiger partial charge in [0, 0.05) is 29.7 Å². The molecule has 0 radical (unpaired) electrons. The second-order valence-electron chi connectivity index (χ2n) is 8.11. The van der Waals surface area contributed by atoms with Crippen LogP contribution in [0.4, 0.5) is 19.0 Å². The molecule has 3 aromatic rings. The van der Waals surface area contributed by atoms with Crippen molar-refractivity contribution in [1.82, 2.24) is 14.5 Å². The molecule has 0 unspecified atom stereocenters. The predicted molar refractivity (Wildman–Crippen MR) is 125 cm³/mol. The number of nitrogens with one attached hydrogen (secondary N) is 2. The zero-order valence-corrected chi connectivity index (χ0v) is 18.9. The molecule has 2 aromatic heterocycles. The van der Waals surface area contributed by atoms with Crippen molar-refractivity contribution < 1.29 is 17.7 Å². The number of rotatable bonds is 5. The molecule has 0 saturated carbocycles.